The molecule has 2 heterocycles. The number of hydrogen-bond acceptors (Lipinski definition) is 4. The van der Waals surface area contributed by atoms with Gasteiger partial charge in [0.25, 0.3) is 0 Å². The number of carboxylic acids is 1. The third kappa shape index (κ3) is 4.07. The Morgan fingerprint density at radius 1 is 1.43 bits per heavy atom. The molecule has 8 nitrogen and oxygen atoms in total. The number of nitrogens with one attached hydrogen (secondary N) is 2. The maximum atomic E-state index is 12.0. The standard InChI is InChI=1S/C13H21N3O5/c17-10(12(19)20)3-5-14-13(21)16-6-4-9-8(7-16)1-2-11(18)15-9/h8-10,17H,1-7H2,(H,14,21)(H,15,18)(H,19,20)/t8?,9?,10-/m0/s1. The van der Waals surface area contributed by atoms with Gasteiger partial charge in [-0.25, -0.2) is 9.59 Å². The molecule has 0 spiro atoms. The van der Waals surface area contributed by atoms with Crippen molar-refractivity contribution in [1.82, 2.24) is 15.5 Å². The Labute approximate surface area is 122 Å². The first-order valence-corrected chi connectivity index (χ1v) is 7.20. The molecule has 2 saturated heterocycles. The normalized spacial score (nSPS) is 26.5. The van der Waals surface area contributed by atoms with E-state index in [1.54, 1.807) is 4.90 Å². The smallest absolute Gasteiger partial charge is 0.332 e. The lowest BCUT2D eigenvalue weighted by atomic mass is 9.85. The van der Waals surface area contributed by atoms with Crippen LogP contribution in [-0.2, 0) is 9.59 Å². The summed E-state index contributed by atoms with van der Waals surface area (Å²) in [5.74, 6) is -0.924. The van der Waals surface area contributed by atoms with Crippen molar-refractivity contribution >= 4 is 17.9 Å². The molecule has 4 N–H and O–H groups in total. The van der Waals surface area contributed by atoms with E-state index in [9.17, 15) is 14.4 Å². The zero-order valence-electron chi connectivity index (χ0n) is 11.7. The zero-order chi connectivity index (χ0) is 15.4. The third-order valence-electron chi connectivity index (χ3n) is 4.09. The number of aliphatic hydroxyl groups is 1. The molecule has 8 heteroatoms. The summed E-state index contributed by atoms with van der Waals surface area (Å²) in [5.41, 5.74) is 0. The molecule has 0 bridgehead atoms. The highest BCUT2D eigenvalue weighted by Gasteiger charge is 2.35. The maximum Gasteiger partial charge on any atom is 0.332 e. The summed E-state index contributed by atoms with van der Waals surface area (Å²) in [7, 11) is 0. The largest absolute Gasteiger partial charge is 0.479 e. The van der Waals surface area contributed by atoms with E-state index in [0.717, 1.165) is 12.8 Å². The molecule has 2 aliphatic heterocycles. The van der Waals surface area contributed by atoms with Gasteiger partial charge in [-0.3, -0.25) is 4.79 Å². The van der Waals surface area contributed by atoms with E-state index in [-0.39, 0.29) is 36.9 Å². The predicted octanol–water partition coefficient (Wildman–Crippen LogP) is -0.868. The lowest BCUT2D eigenvalue weighted by Gasteiger charge is -2.41. The summed E-state index contributed by atoms with van der Waals surface area (Å²) in [6.45, 7) is 1.28. The summed E-state index contributed by atoms with van der Waals surface area (Å²) in [4.78, 5) is 35.4. The van der Waals surface area contributed by atoms with Crippen molar-refractivity contribution < 1.29 is 24.6 Å². The van der Waals surface area contributed by atoms with Crippen LogP contribution in [0.3, 0.4) is 0 Å². The van der Waals surface area contributed by atoms with E-state index < -0.39 is 12.1 Å². The Hall–Kier alpha value is -1.83. The first-order valence-electron chi connectivity index (χ1n) is 7.20. The second-order valence-corrected chi connectivity index (χ2v) is 5.58. The van der Waals surface area contributed by atoms with Crippen molar-refractivity contribution in [2.45, 2.75) is 37.8 Å². The molecule has 3 atom stereocenters. The zero-order valence-corrected chi connectivity index (χ0v) is 11.7. The fourth-order valence-electron chi connectivity index (χ4n) is 2.85. The lowest BCUT2D eigenvalue weighted by molar-refractivity contribution is -0.146. The number of carbonyl (C=O) groups is 3. The van der Waals surface area contributed by atoms with E-state index in [1.807, 2.05) is 0 Å². The number of urea groups is 1. The van der Waals surface area contributed by atoms with Crippen molar-refractivity contribution in [3.8, 4) is 0 Å². The Kier molecular flexibility index (Phi) is 5.00. The lowest BCUT2D eigenvalue weighted by Crippen LogP contribution is -2.56. The van der Waals surface area contributed by atoms with Crippen LogP contribution >= 0.6 is 0 Å². The number of aliphatic hydroxyl groups excluding tert-OH is 1. The molecule has 118 valence electrons. The summed E-state index contributed by atoms with van der Waals surface area (Å²) in [6.07, 6.45) is 0.558. The number of nitrogens with zero attached hydrogens (tertiary/aromatic N) is 1. The number of hydrogen-bond donors (Lipinski definition) is 4. The quantitative estimate of drug-likeness (QED) is 0.538. The van der Waals surface area contributed by atoms with Crippen molar-refractivity contribution in [1.29, 1.82) is 0 Å². The summed E-state index contributed by atoms with van der Waals surface area (Å²) >= 11 is 0. The van der Waals surface area contributed by atoms with E-state index in [1.165, 1.54) is 0 Å². The van der Waals surface area contributed by atoms with Crippen LogP contribution in [0.5, 0.6) is 0 Å². The molecule has 0 aliphatic carbocycles. The monoisotopic (exact) mass is 299 g/mol. The fraction of sp³-hybridized carbons (Fsp3) is 0.769. The van der Waals surface area contributed by atoms with Gasteiger partial charge in [-0.1, -0.05) is 0 Å². The van der Waals surface area contributed by atoms with Gasteiger partial charge >= 0.3 is 12.0 Å². The van der Waals surface area contributed by atoms with Crippen LogP contribution in [0.1, 0.15) is 25.7 Å². The molecule has 3 amide bonds. The van der Waals surface area contributed by atoms with Crippen LogP contribution in [0.25, 0.3) is 0 Å². The minimum absolute atomic E-state index is 0.0168. The number of carboxylic acid groups (broad SMARTS) is 1. The number of aliphatic carboxylic acids is 1. The number of rotatable bonds is 4. The molecule has 0 aromatic rings. The highest BCUT2D eigenvalue weighted by molar-refractivity contribution is 5.78. The number of carbonyl (C=O) groups excluding carboxylic acids is 2. The Morgan fingerprint density at radius 3 is 2.90 bits per heavy atom. The van der Waals surface area contributed by atoms with Crippen LogP contribution < -0.4 is 10.6 Å². The number of likely N-dealkylation sites (tertiary alicyclic amines) is 1. The molecule has 2 aliphatic rings. The predicted molar refractivity (Wildman–Crippen MR) is 72.5 cm³/mol. The van der Waals surface area contributed by atoms with Crippen LogP contribution in [0, 0.1) is 5.92 Å². The minimum atomic E-state index is -1.45. The topological polar surface area (TPSA) is 119 Å². The fourth-order valence-corrected chi connectivity index (χ4v) is 2.85. The van der Waals surface area contributed by atoms with Crippen molar-refractivity contribution in [2.75, 3.05) is 19.6 Å². The molecule has 0 radical (unpaired) electrons. The molecule has 2 rings (SSSR count). The first-order chi connectivity index (χ1) is 9.97. The summed E-state index contributed by atoms with van der Waals surface area (Å²) in [5, 5.41) is 23.2. The molecule has 0 saturated carbocycles. The first kappa shape index (κ1) is 15.6. The molecule has 0 aromatic heterocycles. The Balaban J connectivity index is 1.74. The number of piperidine rings is 2. The van der Waals surface area contributed by atoms with Crippen LogP contribution in [0.4, 0.5) is 4.79 Å². The van der Waals surface area contributed by atoms with Gasteiger partial charge in [-0.15, -0.1) is 0 Å². The minimum Gasteiger partial charge on any atom is -0.479 e. The van der Waals surface area contributed by atoms with Gasteiger partial charge < -0.3 is 25.7 Å². The molecule has 0 aromatic carbocycles. The van der Waals surface area contributed by atoms with Gasteiger partial charge in [0.15, 0.2) is 6.10 Å². The molecular weight excluding hydrogens is 278 g/mol. The van der Waals surface area contributed by atoms with Gasteiger partial charge in [-0.2, -0.15) is 0 Å². The number of fused-ring (bicyclic) bond motifs is 1. The summed E-state index contributed by atoms with van der Waals surface area (Å²) < 4.78 is 0. The van der Waals surface area contributed by atoms with Crippen molar-refractivity contribution in [3.63, 3.8) is 0 Å². The molecular formula is C13H21N3O5. The van der Waals surface area contributed by atoms with Gasteiger partial charge in [-0.05, 0) is 18.8 Å². The van der Waals surface area contributed by atoms with Gasteiger partial charge in [0.05, 0.1) is 0 Å². The van der Waals surface area contributed by atoms with Crippen LogP contribution in [0.2, 0.25) is 0 Å². The van der Waals surface area contributed by atoms with Crippen molar-refractivity contribution in [2.24, 2.45) is 5.92 Å². The second-order valence-electron chi connectivity index (χ2n) is 5.58. The van der Waals surface area contributed by atoms with Gasteiger partial charge in [0.1, 0.15) is 0 Å². The van der Waals surface area contributed by atoms with E-state index in [2.05, 4.69) is 10.6 Å². The Morgan fingerprint density at radius 2 is 2.19 bits per heavy atom. The molecule has 2 unspecified atom stereocenters. The third-order valence-corrected chi connectivity index (χ3v) is 4.09. The van der Waals surface area contributed by atoms with Gasteiger partial charge in [0.2, 0.25) is 5.91 Å². The van der Waals surface area contributed by atoms with E-state index >= 15 is 0 Å². The molecule has 21 heavy (non-hydrogen) atoms. The van der Waals surface area contributed by atoms with Crippen molar-refractivity contribution in [3.05, 3.63) is 0 Å². The van der Waals surface area contributed by atoms with Gasteiger partial charge in [0, 0.05) is 38.5 Å². The Bertz CT molecular complexity index is 428. The van der Waals surface area contributed by atoms with Crippen LogP contribution in [-0.4, -0.2) is 64.8 Å². The van der Waals surface area contributed by atoms with E-state index in [4.69, 9.17) is 10.2 Å². The SMILES string of the molecule is O=C1CCC2CN(C(=O)NCC[C@H](O)C(=O)O)CCC2N1. The van der Waals surface area contributed by atoms with E-state index in [0.29, 0.717) is 19.5 Å². The highest BCUT2D eigenvalue weighted by Crippen LogP contribution is 2.25. The maximum absolute atomic E-state index is 12.0. The average Bonchev–Trinajstić information content (AvgIpc) is 2.46. The average molecular weight is 299 g/mol. The second kappa shape index (κ2) is 6.75. The van der Waals surface area contributed by atoms with Crippen LogP contribution in [0.15, 0.2) is 0 Å². The number of amides is 3. The summed E-state index contributed by atoms with van der Waals surface area (Å²) in [6, 6.07) is -0.0907. The molecule has 2 fully saturated rings. The highest BCUT2D eigenvalue weighted by atomic mass is 16.4.